The fraction of sp³-hybridized carbons (Fsp3) is 0.0833. The molecule has 0 saturated heterocycles. The quantitative estimate of drug-likeness (QED) is 0.743. The van der Waals surface area contributed by atoms with E-state index in [9.17, 15) is 13.2 Å². The molecule has 2 nitrogen and oxygen atoms in total. The maximum atomic E-state index is 12.0. The van der Waals surface area contributed by atoms with Crippen molar-refractivity contribution in [1.29, 1.82) is 0 Å². The largest absolute Gasteiger partial charge is 0.573 e. The molecule has 0 radical (unpaired) electrons. The molecule has 0 fully saturated rings. The third-order valence-corrected chi connectivity index (χ3v) is 3.11. The van der Waals surface area contributed by atoms with Crippen LogP contribution in [0.3, 0.4) is 0 Å². The predicted molar refractivity (Wildman–Crippen MR) is 69.1 cm³/mol. The van der Waals surface area contributed by atoms with E-state index in [-0.39, 0.29) is 5.75 Å². The molecule has 0 aliphatic heterocycles. The Morgan fingerprint density at radius 2 is 1.72 bits per heavy atom. The van der Waals surface area contributed by atoms with Crippen molar-refractivity contribution >= 4 is 22.6 Å². The van der Waals surface area contributed by atoms with Crippen molar-refractivity contribution in [3.8, 4) is 16.9 Å². The van der Waals surface area contributed by atoms with Crippen LogP contribution in [-0.4, -0.2) is 11.3 Å². The van der Waals surface area contributed by atoms with Crippen LogP contribution < -0.4 is 4.74 Å². The zero-order valence-corrected chi connectivity index (χ0v) is 11.1. The van der Waals surface area contributed by atoms with Crippen molar-refractivity contribution in [2.75, 3.05) is 0 Å². The van der Waals surface area contributed by atoms with E-state index in [4.69, 9.17) is 0 Å². The molecule has 0 aliphatic carbocycles. The topological polar surface area (TPSA) is 22.1 Å². The lowest BCUT2D eigenvalue weighted by Crippen LogP contribution is -2.16. The Balaban J connectivity index is 2.26. The van der Waals surface area contributed by atoms with Gasteiger partial charge in [-0.3, -0.25) is 4.98 Å². The Morgan fingerprint density at radius 3 is 2.28 bits per heavy atom. The highest BCUT2D eigenvalue weighted by molar-refractivity contribution is 14.1. The van der Waals surface area contributed by atoms with E-state index in [2.05, 4.69) is 32.3 Å². The van der Waals surface area contributed by atoms with E-state index in [0.717, 1.165) is 14.7 Å². The highest BCUT2D eigenvalue weighted by Gasteiger charge is 2.30. The lowest BCUT2D eigenvalue weighted by atomic mass is 10.1. The van der Waals surface area contributed by atoms with E-state index in [1.165, 1.54) is 12.1 Å². The summed E-state index contributed by atoms with van der Waals surface area (Å²) in [6.45, 7) is 0. The smallest absolute Gasteiger partial charge is 0.406 e. The number of hydrogen-bond donors (Lipinski definition) is 0. The first-order valence-electron chi connectivity index (χ1n) is 4.91. The van der Waals surface area contributed by atoms with Crippen molar-refractivity contribution in [3.63, 3.8) is 0 Å². The molecule has 0 saturated carbocycles. The standard InChI is InChI=1S/C12H7F3INO/c13-12(14,15)18-9-3-1-8(2-4-9)10-7-17-6-5-11(10)16/h1-7H. The molecule has 94 valence electrons. The van der Waals surface area contributed by atoms with Crippen LogP contribution in [0.2, 0.25) is 0 Å². The molecule has 0 amide bonds. The molecular weight excluding hydrogens is 358 g/mol. The van der Waals surface area contributed by atoms with Crippen molar-refractivity contribution in [1.82, 2.24) is 4.98 Å². The Hall–Kier alpha value is -1.31. The molecule has 1 aromatic heterocycles. The van der Waals surface area contributed by atoms with E-state index in [1.54, 1.807) is 24.5 Å². The van der Waals surface area contributed by atoms with E-state index < -0.39 is 6.36 Å². The Morgan fingerprint density at radius 1 is 1.06 bits per heavy atom. The van der Waals surface area contributed by atoms with Crippen LogP contribution in [0.25, 0.3) is 11.1 Å². The molecule has 6 heteroatoms. The highest BCUT2D eigenvalue weighted by atomic mass is 127. The Bertz CT molecular complexity index is 540. The minimum atomic E-state index is -4.66. The summed E-state index contributed by atoms with van der Waals surface area (Å²) in [6.07, 6.45) is -1.34. The summed E-state index contributed by atoms with van der Waals surface area (Å²) in [6, 6.07) is 7.54. The van der Waals surface area contributed by atoms with E-state index in [1.807, 2.05) is 6.07 Å². The molecule has 0 aliphatic rings. The zero-order chi connectivity index (χ0) is 13.2. The molecule has 0 N–H and O–H groups in total. The highest BCUT2D eigenvalue weighted by Crippen LogP contribution is 2.28. The molecular formula is C12H7F3INO. The first kappa shape index (κ1) is 13.1. The van der Waals surface area contributed by atoms with Gasteiger partial charge in [-0.1, -0.05) is 12.1 Å². The van der Waals surface area contributed by atoms with Crippen LogP contribution in [0.15, 0.2) is 42.7 Å². The molecule has 0 unspecified atom stereocenters. The summed E-state index contributed by atoms with van der Waals surface area (Å²) in [5, 5.41) is 0. The van der Waals surface area contributed by atoms with Crippen LogP contribution >= 0.6 is 22.6 Å². The van der Waals surface area contributed by atoms with E-state index in [0.29, 0.717) is 0 Å². The van der Waals surface area contributed by atoms with Gasteiger partial charge in [-0.15, -0.1) is 13.2 Å². The third-order valence-electron chi connectivity index (χ3n) is 2.17. The van der Waals surface area contributed by atoms with Crippen LogP contribution in [0.1, 0.15) is 0 Å². The predicted octanol–water partition coefficient (Wildman–Crippen LogP) is 4.25. The number of rotatable bonds is 2. The first-order valence-corrected chi connectivity index (χ1v) is 5.99. The summed E-state index contributed by atoms with van der Waals surface area (Å²) < 4.78 is 40.8. The minimum absolute atomic E-state index is 0.231. The van der Waals surface area contributed by atoms with Gasteiger partial charge >= 0.3 is 6.36 Å². The third kappa shape index (κ3) is 3.34. The molecule has 1 heterocycles. The molecule has 0 bridgehead atoms. The van der Waals surface area contributed by atoms with E-state index >= 15 is 0 Å². The normalized spacial score (nSPS) is 11.3. The number of benzene rings is 1. The number of pyridine rings is 1. The summed E-state index contributed by atoms with van der Waals surface area (Å²) in [7, 11) is 0. The second-order valence-electron chi connectivity index (χ2n) is 3.43. The van der Waals surface area contributed by atoms with Crippen molar-refractivity contribution in [2.24, 2.45) is 0 Å². The maximum Gasteiger partial charge on any atom is 0.573 e. The number of ether oxygens (including phenoxy) is 1. The van der Waals surface area contributed by atoms with Gasteiger partial charge in [0.05, 0.1) is 0 Å². The second-order valence-corrected chi connectivity index (χ2v) is 4.59. The SMILES string of the molecule is FC(F)(F)Oc1ccc(-c2cnccc2I)cc1. The number of halogens is 4. The fourth-order valence-electron chi connectivity index (χ4n) is 1.43. The first-order chi connectivity index (χ1) is 8.46. The molecule has 1 aromatic carbocycles. The van der Waals surface area contributed by atoms with Crippen LogP contribution in [0.4, 0.5) is 13.2 Å². The van der Waals surface area contributed by atoms with Gasteiger partial charge in [0.2, 0.25) is 0 Å². The van der Waals surface area contributed by atoms with Gasteiger partial charge < -0.3 is 4.74 Å². The van der Waals surface area contributed by atoms with Gasteiger partial charge in [0.25, 0.3) is 0 Å². The summed E-state index contributed by atoms with van der Waals surface area (Å²) in [5.41, 5.74) is 1.67. The van der Waals surface area contributed by atoms with Gasteiger partial charge in [-0.2, -0.15) is 0 Å². The summed E-state index contributed by atoms with van der Waals surface area (Å²) in [4.78, 5) is 3.99. The van der Waals surface area contributed by atoms with Crippen molar-refractivity contribution in [3.05, 3.63) is 46.3 Å². The Labute approximate surface area is 115 Å². The average Bonchev–Trinajstić information content (AvgIpc) is 2.29. The summed E-state index contributed by atoms with van der Waals surface area (Å²) in [5.74, 6) is -0.231. The molecule has 0 atom stereocenters. The molecule has 0 spiro atoms. The van der Waals surface area contributed by atoms with Crippen molar-refractivity contribution in [2.45, 2.75) is 6.36 Å². The number of aromatic nitrogens is 1. The van der Waals surface area contributed by atoms with Crippen LogP contribution in [-0.2, 0) is 0 Å². The van der Waals surface area contributed by atoms with Crippen LogP contribution in [0.5, 0.6) is 5.75 Å². The monoisotopic (exact) mass is 365 g/mol. The zero-order valence-electron chi connectivity index (χ0n) is 8.91. The lowest BCUT2D eigenvalue weighted by Gasteiger charge is -2.09. The second kappa shape index (κ2) is 5.13. The van der Waals surface area contributed by atoms with Crippen LogP contribution in [0, 0.1) is 3.57 Å². The summed E-state index contributed by atoms with van der Waals surface area (Å²) >= 11 is 2.14. The van der Waals surface area contributed by atoms with Gasteiger partial charge in [0, 0.05) is 21.5 Å². The number of nitrogens with zero attached hydrogens (tertiary/aromatic N) is 1. The number of alkyl halides is 3. The Kier molecular flexibility index (Phi) is 3.74. The number of hydrogen-bond acceptors (Lipinski definition) is 2. The minimum Gasteiger partial charge on any atom is -0.406 e. The molecule has 18 heavy (non-hydrogen) atoms. The molecule has 2 aromatic rings. The lowest BCUT2D eigenvalue weighted by molar-refractivity contribution is -0.274. The van der Waals surface area contributed by atoms with Gasteiger partial charge in [0.15, 0.2) is 0 Å². The van der Waals surface area contributed by atoms with Gasteiger partial charge in [-0.25, -0.2) is 0 Å². The maximum absolute atomic E-state index is 12.0. The fourth-order valence-corrected chi connectivity index (χ4v) is 2.04. The molecule has 2 rings (SSSR count). The van der Waals surface area contributed by atoms with Gasteiger partial charge in [0.1, 0.15) is 5.75 Å². The van der Waals surface area contributed by atoms with Crippen molar-refractivity contribution < 1.29 is 17.9 Å². The average molecular weight is 365 g/mol. The van der Waals surface area contributed by atoms with Gasteiger partial charge in [-0.05, 0) is 46.4 Å².